The monoisotopic (exact) mass is 260 g/mol. The summed E-state index contributed by atoms with van der Waals surface area (Å²) >= 11 is 0. The third kappa shape index (κ3) is 2.81. The van der Waals surface area contributed by atoms with E-state index in [0.29, 0.717) is 0 Å². The van der Waals surface area contributed by atoms with Crippen LogP contribution < -0.4 is 10.2 Å². The lowest BCUT2D eigenvalue weighted by atomic mass is 9.79. The fourth-order valence-corrected chi connectivity index (χ4v) is 2.45. The third-order valence-electron chi connectivity index (χ3n) is 4.02. The molecule has 0 spiro atoms. The van der Waals surface area contributed by atoms with Crippen LogP contribution in [0.5, 0.6) is 5.75 Å². The van der Waals surface area contributed by atoms with Gasteiger partial charge in [-0.1, -0.05) is 30.4 Å². The lowest BCUT2D eigenvalue weighted by Crippen LogP contribution is -2.41. The molecule has 2 rings (SSSR count). The number of fused-ring (bicyclic) bond motifs is 1. The van der Waals surface area contributed by atoms with Crippen LogP contribution in [0.2, 0.25) is 0 Å². The molecule has 1 atom stereocenters. The van der Waals surface area contributed by atoms with Crippen LogP contribution in [0, 0.1) is 20.8 Å². The summed E-state index contributed by atoms with van der Waals surface area (Å²) in [4.78, 5) is 0. The normalized spacial score (nSPS) is 21.0. The highest BCUT2D eigenvalue weighted by Gasteiger charge is 2.33. The molecule has 1 N–H and O–H groups in total. The molecule has 1 aliphatic heterocycles. The molecule has 0 aliphatic carbocycles. The molecule has 0 amide bonds. The summed E-state index contributed by atoms with van der Waals surface area (Å²) in [6.07, 6.45) is 1.75. The Bertz CT molecular complexity index is 469. The molecule has 0 bridgehead atoms. The van der Waals surface area contributed by atoms with Crippen molar-refractivity contribution in [1.82, 2.24) is 0 Å². The first-order chi connectivity index (χ1) is 8.89. The van der Waals surface area contributed by atoms with Crippen molar-refractivity contribution in [1.29, 1.82) is 0 Å². The second-order valence-corrected chi connectivity index (χ2v) is 5.31. The molecule has 1 aromatic rings. The average Bonchev–Trinajstić information content (AvgIpc) is 2.45. The van der Waals surface area contributed by atoms with E-state index in [2.05, 4.69) is 0 Å². The van der Waals surface area contributed by atoms with Gasteiger partial charge in [0, 0.05) is 0 Å². The summed E-state index contributed by atoms with van der Waals surface area (Å²) in [6.45, 7) is 12.1. The molecule has 0 aromatic heterocycles. The molecule has 2 nitrogen and oxygen atoms in total. The van der Waals surface area contributed by atoms with Gasteiger partial charge in [0.2, 0.25) is 0 Å². The van der Waals surface area contributed by atoms with Crippen LogP contribution in [-0.4, -0.2) is 25.2 Å². The molecule has 19 heavy (non-hydrogen) atoms. The summed E-state index contributed by atoms with van der Waals surface area (Å²) in [6, 6.07) is 0. The smallest absolute Gasteiger partial charge is 0.129 e. The van der Waals surface area contributed by atoms with Crippen molar-refractivity contribution in [2.45, 2.75) is 60.0 Å². The largest absolute Gasteiger partial charge is 0.485 e. The highest BCUT2D eigenvalue weighted by atomic mass is 16.5. The van der Waals surface area contributed by atoms with Crippen molar-refractivity contribution in [2.24, 2.45) is 0 Å². The minimum atomic E-state index is -0.452. The zero-order valence-corrected chi connectivity index (χ0v) is 13.1. The van der Waals surface area contributed by atoms with Gasteiger partial charge in [0.05, 0.1) is 6.61 Å². The maximum absolute atomic E-state index is 9.41. The second kappa shape index (κ2) is 6.00. The number of hydrogen-bond donors (Lipinski definition) is 1. The number of aliphatic hydroxyl groups excluding tert-OH is 1. The lowest BCUT2D eigenvalue weighted by molar-refractivity contribution is 0.00735. The molecule has 1 heterocycles. The Morgan fingerprint density at radius 2 is 1.74 bits per heavy atom. The SMILES string of the molecule is CC.[B]c1c(C)c(C)c2c(c1C)CCC(C)(CO)O2. The molecular formula is C16H25BO2. The van der Waals surface area contributed by atoms with Gasteiger partial charge in [0.1, 0.15) is 19.2 Å². The number of ether oxygens (including phenoxy) is 1. The van der Waals surface area contributed by atoms with Crippen LogP contribution in [-0.2, 0) is 6.42 Å². The molecule has 2 radical (unpaired) electrons. The van der Waals surface area contributed by atoms with Gasteiger partial charge in [-0.3, -0.25) is 0 Å². The Morgan fingerprint density at radius 1 is 1.16 bits per heavy atom. The highest BCUT2D eigenvalue weighted by molar-refractivity contribution is 6.34. The summed E-state index contributed by atoms with van der Waals surface area (Å²) in [5, 5.41) is 9.41. The number of rotatable bonds is 1. The fraction of sp³-hybridized carbons (Fsp3) is 0.625. The quantitative estimate of drug-likeness (QED) is 0.786. The zero-order valence-electron chi connectivity index (χ0n) is 13.1. The minimum Gasteiger partial charge on any atom is -0.485 e. The van der Waals surface area contributed by atoms with Gasteiger partial charge in [-0.15, -0.1) is 0 Å². The van der Waals surface area contributed by atoms with E-state index in [1.165, 1.54) is 5.56 Å². The van der Waals surface area contributed by atoms with Gasteiger partial charge < -0.3 is 9.84 Å². The van der Waals surface area contributed by atoms with Gasteiger partial charge in [0.15, 0.2) is 0 Å². The van der Waals surface area contributed by atoms with Gasteiger partial charge >= 0.3 is 0 Å². The van der Waals surface area contributed by atoms with E-state index in [0.717, 1.165) is 40.7 Å². The van der Waals surface area contributed by atoms with Crippen LogP contribution in [0.4, 0.5) is 0 Å². The molecule has 0 fully saturated rings. The Labute approximate surface area is 118 Å². The van der Waals surface area contributed by atoms with E-state index in [4.69, 9.17) is 12.6 Å². The van der Waals surface area contributed by atoms with Crippen LogP contribution >= 0.6 is 0 Å². The lowest BCUT2D eigenvalue weighted by Gasteiger charge is -2.37. The van der Waals surface area contributed by atoms with Crippen LogP contribution in [0.1, 0.15) is 49.4 Å². The first-order valence-corrected chi connectivity index (χ1v) is 7.07. The van der Waals surface area contributed by atoms with E-state index in [1.807, 2.05) is 41.5 Å². The standard InChI is InChI=1S/C14H19BO2.C2H6/c1-8-9(2)13-11(10(3)12(8)15)5-6-14(4,7-16)17-13;1-2/h16H,5-7H2,1-4H3;1-2H3. The predicted octanol–water partition coefficient (Wildman–Crippen LogP) is 2.51. The molecular weight excluding hydrogens is 235 g/mol. The van der Waals surface area contributed by atoms with Crippen LogP contribution in [0.15, 0.2) is 0 Å². The van der Waals surface area contributed by atoms with Crippen molar-refractivity contribution >= 4 is 13.3 Å². The van der Waals surface area contributed by atoms with E-state index in [1.54, 1.807) is 0 Å². The van der Waals surface area contributed by atoms with Gasteiger partial charge in [-0.25, -0.2) is 0 Å². The molecule has 1 aliphatic rings. The van der Waals surface area contributed by atoms with Gasteiger partial charge in [-0.2, -0.15) is 0 Å². The maximum Gasteiger partial charge on any atom is 0.129 e. The van der Waals surface area contributed by atoms with E-state index >= 15 is 0 Å². The van der Waals surface area contributed by atoms with Crippen molar-refractivity contribution in [3.05, 3.63) is 22.3 Å². The Kier molecular flexibility index (Phi) is 5.08. The van der Waals surface area contributed by atoms with Crippen molar-refractivity contribution in [3.63, 3.8) is 0 Å². The first kappa shape index (κ1) is 16.1. The van der Waals surface area contributed by atoms with Gasteiger partial charge in [-0.05, 0) is 51.7 Å². The Balaban J connectivity index is 0.000000861. The number of hydrogen-bond acceptors (Lipinski definition) is 2. The first-order valence-electron chi connectivity index (χ1n) is 7.07. The van der Waals surface area contributed by atoms with Crippen molar-refractivity contribution in [3.8, 4) is 5.75 Å². The molecule has 1 unspecified atom stereocenters. The molecule has 104 valence electrons. The zero-order chi connectivity index (χ0) is 14.8. The van der Waals surface area contributed by atoms with Crippen molar-refractivity contribution in [2.75, 3.05) is 6.61 Å². The Hall–Kier alpha value is -0.955. The van der Waals surface area contributed by atoms with E-state index in [9.17, 15) is 5.11 Å². The van der Waals surface area contributed by atoms with E-state index in [-0.39, 0.29) is 6.61 Å². The fourth-order valence-electron chi connectivity index (χ4n) is 2.45. The van der Waals surface area contributed by atoms with E-state index < -0.39 is 5.60 Å². The molecule has 0 saturated carbocycles. The van der Waals surface area contributed by atoms with Crippen LogP contribution in [0.3, 0.4) is 0 Å². The third-order valence-corrected chi connectivity index (χ3v) is 4.02. The summed E-state index contributed by atoms with van der Waals surface area (Å²) in [5.41, 5.74) is 4.94. The molecule has 3 heteroatoms. The predicted molar refractivity (Wildman–Crippen MR) is 81.8 cm³/mol. The second-order valence-electron chi connectivity index (χ2n) is 5.31. The Morgan fingerprint density at radius 3 is 2.26 bits per heavy atom. The number of benzene rings is 1. The average molecular weight is 260 g/mol. The topological polar surface area (TPSA) is 29.5 Å². The summed E-state index contributed by atoms with van der Waals surface area (Å²) in [7, 11) is 6.10. The summed E-state index contributed by atoms with van der Waals surface area (Å²) < 4.78 is 6.01. The molecule has 0 saturated heterocycles. The molecule has 1 aromatic carbocycles. The number of aliphatic hydroxyl groups is 1. The van der Waals surface area contributed by atoms with Gasteiger partial charge in [0.25, 0.3) is 0 Å². The minimum absolute atomic E-state index is 0.0500. The summed E-state index contributed by atoms with van der Waals surface area (Å²) in [5.74, 6) is 0.928. The van der Waals surface area contributed by atoms with Crippen molar-refractivity contribution < 1.29 is 9.84 Å². The highest BCUT2D eigenvalue weighted by Crippen LogP contribution is 2.37. The maximum atomic E-state index is 9.41. The van der Waals surface area contributed by atoms with Crippen LogP contribution in [0.25, 0.3) is 0 Å².